The van der Waals surface area contributed by atoms with Gasteiger partial charge in [-0.25, -0.2) is 4.79 Å². The van der Waals surface area contributed by atoms with Gasteiger partial charge in [-0.2, -0.15) is 0 Å². The molecule has 0 saturated heterocycles. The van der Waals surface area contributed by atoms with Crippen molar-refractivity contribution in [2.45, 2.75) is 0 Å². The molecule has 0 amide bonds. The minimum atomic E-state index is -1.09. The summed E-state index contributed by atoms with van der Waals surface area (Å²) in [6.07, 6.45) is 3.04. The first-order valence-corrected chi connectivity index (χ1v) is 10.9. The van der Waals surface area contributed by atoms with Crippen LogP contribution in [0.3, 0.4) is 0 Å². The normalized spacial score (nSPS) is 10.4. The third-order valence-corrected chi connectivity index (χ3v) is 5.74. The standard InChI is InChI=1S/C25H24O8S.Na.H/c1-29-19-13-20(33-14-24(27)28)17(23-6-5-9-34-23)10-15(19)7-8-18(26)16-11-21(30-2)25(32-4)22(12-16)31-3;;/h5-13H,14H2,1-4H3,(H,27,28);;. The van der Waals surface area contributed by atoms with Gasteiger partial charge in [-0.3, -0.25) is 4.79 Å². The third-order valence-electron chi connectivity index (χ3n) is 4.83. The zero-order chi connectivity index (χ0) is 24.7. The fraction of sp³-hybridized carbons (Fsp3) is 0.200. The molecule has 0 aliphatic carbocycles. The van der Waals surface area contributed by atoms with Crippen molar-refractivity contribution in [3.8, 4) is 39.2 Å². The molecule has 0 aliphatic heterocycles. The van der Waals surface area contributed by atoms with Crippen LogP contribution in [0, 0.1) is 0 Å². The van der Waals surface area contributed by atoms with Crippen LogP contribution in [0.1, 0.15) is 15.9 Å². The summed E-state index contributed by atoms with van der Waals surface area (Å²) < 4.78 is 26.9. The van der Waals surface area contributed by atoms with Crippen LogP contribution in [-0.4, -0.2) is 81.5 Å². The molecule has 0 fully saturated rings. The number of carboxylic acids is 1. The first kappa shape index (κ1) is 28.3. The summed E-state index contributed by atoms with van der Waals surface area (Å²) in [5.74, 6) is 0.558. The van der Waals surface area contributed by atoms with Gasteiger partial charge in [0.15, 0.2) is 23.9 Å². The maximum atomic E-state index is 12.9. The summed E-state index contributed by atoms with van der Waals surface area (Å²) in [5, 5.41) is 10.9. The van der Waals surface area contributed by atoms with Gasteiger partial charge >= 0.3 is 35.5 Å². The van der Waals surface area contributed by atoms with E-state index in [1.165, 1.54) is 45.9 Å². The number of ether oxygens (including phenoxy) is 5. The molecule has 2 aromatic carbocycles. The van der Waals surface area contributed by atoms with E-state index in [9.17, 15) is 9.59 Å². The van der Waals surface area contributed by atoms with E-state index in [1.54, 1.807) is 30.3 Å². The van der Waals surface area contributed by atoms with Gasteiger partial charge in [-0.05, 0) is 41.8 Å². The van der Waals surface area contributed by atoms with Crippen LogP contribution in [-0.2, 0) is 4.79 Å². The molecule has 0 radical (unpaired) electrons. The van der Waals surface area contributed by atoms with Crippen LogP contribution in [0.25, 0.3) is 16.5 Å². The van der Waals surface area contributed by atoms with Crippen LogP contribution in [0.2, 0.25) is 0 Å². The summed E-state index contributed by atoms with van der Waals surface area (Å²) in [5.41, 5.74) is 1.66. The minimum absolute atomic E-state index is 0. The van der Waals surface area contributed by atoms with E-state index in [4.69, 9.17) is 28.8 Å². The number of rotatable bonds is 11. The van der Waals surface area contributed by atoms with E-state index >= 15 is 0 Å². The Morgan fingerprint density at radius 1 is 0.914 bits per heavy atom. The zero-order valence-corrected chi connectivity index (χ0v) is 19.9. The van der Waals surface area contributed by atoms with Crippen LogP contribution in [0.15, 0.2) is 47.9 Å². The molecule has 0 atom stereocenters. The number of aliphatic carboxylic acids is 1. The molecule has 10 heteroatoms. The summed E-state index contributed by atoms with van der Waals surface area (Å²) >= 11 is 1.48. The van der Waals surface area contributed by atoms with Crippen molar-refractivity contribution < 1.29 is 38.4 Å². The molecule has 1 N–H and O–H groups in total. The second-order valence-corrected chi connectivity index (χ2v) is 7.81. The van der Waals surface area contributed by atoms with Gasteiger partial charge in [-0.15, -0.1) is 11.3 Å². The third kappa shape index (κ3) is 6.79. The van der Waals surface area contributed by atoms with Gasteiger partial charge < -0.3 is 28.8 Å². The molecule has 3 aromatic rings. The summed E-state index contributed by atoms with van der Waals surface area (Å²) in [6.45, 7) is -0.490. The van der Waals surface area contributed by atoms with E-state index < -0.39 is 12.6 Å². The first-order chi connectivity index (χ1) is 16.4. The monoisotopic (exact) mass is 508 g/mol. The van der Waals surface area contributed by atoms with Gasteiger partial charge in [-0.1, -0.05) is 6.07 Å². The molecule has 0 spiro atoms. The Hall–Kier alpha value is -2.98. The van der Waals surface area contributed by atoms with E-state index in [0.29, 0.717) is 45.4 Å². The number of hydrogen-bond donors (Lipinski definition) is 1. The average Bonchev–Trinajstić information content (AvgIpc) is 3.39. The second-order valence-electron chi connectivity index (χ2n) is 6.86. The Labute approximate surface area is 229 Å². The Balaban J connectivity index is 0.00000432. The molecule has 3 rings (SSSR count). The fourth-order valence-electron chi connectivity index (χ4n) is 3.25. The fourth-order valence-corrected chi connectivity index (χ4v) is 4.00. The van der Waals surface area contributed by atoms with Crippen molar-refractivity contribution in [1.82, 2.24) is 0 Å². The number of benzene rings is 2. The van der Waals surface area contributed by atoms with Gasteiger partial charge in [0, 0.05) is 27.6 Å². The van der Waals surface area contributed by atoms with Crippen LogP contribution >= 0.6 is 11.3 Å². The number of ketones is 1. The number of methoxy groups -OCH3 is 4. The first-order valence-electron chi connectivity index (χ1n) is 10.0. The van der Waals surface area contributed by atoms with Gasteiger partial charge in [0.1, 0.15) is 11.5 Å². The van der Waals surface area contributed by atoms with E-state index in [1.807, 2.05) is 17.5 Å². The Morgan fingerprint density at radius 2 is 1.57 bits per heavy atom. The predicted octanol–water partition coefficient (Wildman–Crippen LogP) is 4.16. The van der Waals surface area contributed by atoms with Crippen molar-refractivity contribution >= 4 is 58.7 Å². The number of thiophene rings is 1. The number of allylic oxidation sites excluding steroid dienone is 1. The number of carbonyl (C=O) groups excluding carboxylic acids is 1. The van der Waals surface area contributed by atoms with Crippen molar-refractivity contribution in [3.05, 3.63) is 59.0 Å². The molecule has 0 bridgehead atoms. The van der Waals surface area contributed by atoms with Crippen LogP contribution in [0.4, 0.5) is 0 Å². The van der Waals surface area contributed by atoms with Crippen molar-refractivity contribution in [3.63, 3.8) is 0 Å². The van der Waals surface area contributed by atoms with Gasteiger partial charge in [0.2, 0.25) is 5.75 Å². The predicted molar refractivity (Wildman–Crippen MR) is 136 cm³/mol. The van der Waals surface area contributed by atoms with E-state index in [0.717, 1.165) is 4.88 Å². The molecule has 0 unspecified atom stereocenters. The molecule has 1 heterocycles. The second kappa shape index (κ2) is 13.2. The van der Waals surface area contributed by atoms with E-state index in [2.05, 4.69) is 0 Å². The van der Waals surface area contributed by atoms with Crippen molar-refractivity contribution in [2.24, 2.45) is 0 Å². The molecule has 0 aliphatic rings. The summed E-state index contributed by atoms with van der Waals surface area (Å²) in [4.78, 5) is 24.8. The Kier molecular flexibility index (Phi) is 10.7. The van der Waals surface area contributed by atoms with E-state index in [-0.39, 0.29) is 35.3 Å². The quantitative estimate of drug-likeness (QED) is 0.234. The van der Waals surface area contributed by atoms with Crippen molar-refractivity contribution in [2.75, 3.05) is 35.0 Å². The van der Waals surface area contributed by atoms with Gasteiger partial charge in [0.25, 0.3) is 0 Å². The topological polar surface area (TPSA) is 101 Å². The Morgan fingerprint density at radius 3 is 2.09 bits per heavy atom. The maximum absolute atomic E-state index is 12.9. The van der Waals surface area contributed by atoms with Crippen LogP contribution < -0.4 is 23.7 Å². The molecule has 35 heavy (non-hydrogen) atoms. The SMILES string of the molecule is COc1cc(OCC(=O)O)c(-c2cccs2)cc1C=CC(=O)c1cc(OC)c(OC)c(OC)c1.[NaH]. The number of carbonyl (C=O) groups is 2. The molecule has 1 aromatic heterocycles. The number of hydrogen-bond acceptors (Lipinski definition) is 8. The molecule has 8 nitrogen and oxygen atoms in total. The summed E-state index contributed by atoms with van der Waals surface area (Å²) in [6, 6.07) is 10.3. The molecular formula is C25H25NaO8S. The number of carboxylic acid groups (broad SMARTS) is 1. The van der Waals surface area contributed by atoms with Crippen LogP contribution in [0.5, 0.6) is 28.7 Å². The zero-order valence-electron chi connectivity index (χ0n) is 19.1. The van der Waals surface area contributed by atoms with Gasteiger partial charge in [0.05, 0.1) is 28.4 Å². The molecular weight excluding hydrogens is 483 g/mol. The van der Waals surface area contributed by atoms with Crippen molar-refractivity contribution in [1.29, 1.82) is 0 Å². The molecule has 0 saturated carbocycles. The molecule has 180 valence electrons. The summed E-state index contributed by atoms with van der Waals surface area (Å²) in [7, 11) is 5.93. The average molecular weight is 509 g/mol. The Bertz CT molecular complexity index is 1180.